The van der Waals surface area contributed by atoms with E-state index < -0.39 is 18.4 Å². The molecule has 102 valence electrons. The van der Waals surface area contributed by atoms with Crippen LogP contribution in [0.3, 0.4) is 0 Å². The van der Waals surface area contributed by atoms with Crippen LogP contribution in [0.15, 0.2) is 40.6 Å². The molecule has 0 bridgehead atoms. The van der Waals surface area contributed by atoms with E-state index in [2.05, 4.69) is 9.73 Å². The van der Waals surface area contributed by atoms with Crippen LogP contribution in [0.25, 0.3) is 0 Å². The number of halogens is 2. The molecule has 0 spiro atoms. The van der Waals surface area contributed by atoms with Crippen molar-refractivity contribution >= 4 is 23.8 Å². The lowest BCUT2D eigenvalue weighted by Crippen LogP contribution is -2.10. The van der Waals surface area contributed by atoms with Crippen molar-refractivity contribution in [2.24, 2.45) is 4.99 Å². The predicted molar refractivity (Wildman–Crippen MR) is 71.3 cm³/mol. The summed E-state index contributed by atoms with van der Waals surface area (Å²) in [5, 5.41) is 9.86. The molecule has 0 radical (unpaired) electrons. The second-order valence-corrected chi connectivity index (χ2v) is 4.02. The number of aliphatic hydroxyl groups is 1. The van der Waals surface area contributed by atoms with Gasteiger partial charge in [-0.1, -0.05) is 23.7 Å². The van der Waals surface area contributed by atoms with Crippen LogP contribution in [0.4, 0.5) is 4.39 Å². The first-order valence-corrected chi connectivity index (χ1v) is 5.77. The van der Waals surface area contributed by atoms with Gasteiger partial charge in [-0.15, -0.1) is 0 Å². The van der Waals surface area contributed by atoms with Crippen LogP contribution >= 0.6 is 11.6 Å². The molecule has 0 saturated heterocycles. The number of esters is 1. The molecule has 1 rings (SSSR count). The fourth-order valence-electron chi connectivity index (χ4n) is 1.26. The zero-order valence-corrected chi connectivity index (χ0v) is 11.0. The Labute approximate surface area is 115 Å². The minimum absolute atomic E-state index is 0.275. The molecular formula is C13H13ClFNO3. The van der Waals surface area contributed by atoms with E-state index >= 15 is 0 Å². The van der Waals surface area contributed by atoms with Crippen molar-refractivity contribution in [2.75, 3.05) is 13.8 Å². The van der Waals surface area contributed by atoms with E-state index in [1.54, 1.807) is 24.3 Å². The van der Waals surface area contributed by atoms with E-state index in [0.717, 1.165) is 18.9 Å². The molecule has 4 nitrogen and oxygen atoms in total. The summed E-state index contributed by atoms with van der Waals surface area (Å²) in [4.78, 5) is 15.2. The summed E-state index contributed by atoms with van der Waals surface area (Å²) in [5.74, 6) is -1.54. The van der Waals surface area contributed by atoms with Gasteiger partial charge in [0.05, 0.1) is 13.7 Å². The van der Waals surface area contributed by atoms with Crippen molar-refractivity contribution in [3.05, 3.63) is 46.2 Å². The van der Waals surface area contributed by atoms with Gasteiger partial charge >= 0.3 is 5.97 Å². The Morgan fingerprint density at radius 3 is 2.63 bits per heavy atom. The van der Waals surface area contributed by atoms with Crippen LogP contribution in [0.5, 0.6) is 0 Å². The number of rotatable bonds is 5. The lowest BCUT2D eigenvalue weighted by Gasteiger charge is -2.02. The quantitative estimate of drug-likeness (QED) is 0.392. The highest BCUT2D eigenvalue weighted by Crippen LogP contribution is 2.10. The molecule has 0 atom stereocenters. The monoisotopic (exact) mass is 285 g/mol. The third-order valence-corrected chi connectivity index (χ3v) is 2.50. The van der Waals surface area contributed by atoms with Crippen molar-refractivity contribution in [1.29, 1.82) is 0 Å². The molecule has 0 saturated carbocycles. The lowest BCUT2D eigenvalue weighted by atomic mass is 10.2. The van der Waals surface area contributed by atoms with Crippen LogP contribution in [-0.2, 0) is 16.1 Å². The molecule has 1 aromatic carbocycles. The van der Waals surface area contributed by atoms with E-state index in [0.29, 0.717) is 5.02 Å². The number of nitrogens with zero attached hydrogens (tertiary/aromatic N) is 1. The molecule has 0 amide bonds. The molecule has 0 aliphatic heterocycles. The Bertz CT molecular complexity index is 497. The van der Waals surface area contributed by atoms with Gasteiger partial charge in [0.2, 0.25) is 0 Å². The summed E-state index contributed by atoms with van der Waals surface area (Å²) in [6, 6.07) is 6.97. The molecule has 19 heavy (non-hydrogen) atoms. The van der Waals surface area contributed by atoms with E-state index in [9.17, 15) is 14.3 Å². The van der Waals surface area contributed by atoms with Crippen molar-refractivity contribution in [2.45, 2.75) is 6.54 Å². The van der Waals surface area contributed by atoms with Gasteiger partial charge in [-0.05, 0) is 17.7 Å². The fraction of sp³-hybridized carbons (Fsp3) is 0.231. The number of aliphatic hydroxyl groups excluding tert-OH is 1. The first kappa shape index (κ1) is 15.2. The second-order valence-electron chi connectivity index (χ2n) is 3.58. The van der Waals surface area contributed by atoms with Gasteiger partial charge in [-0.25, -0.2) is 9.18 Å². The number of aliphatic imine (C=N–C) groups is 1. The van der Waals surface area contributed by atoms with Gasteiger partial charge in [-0.2, -0.15) is 0 Å². The highest BCUT2D eigenvalue weighted by molar-refractivity contribution is 6.30. The molecule has 0 aliphatic carbocycles. The number of hydrogen-bond donors (Lipinski definition) is 1. The van der Waals surface area contributed by atoms with E-state index in [1.165, 1.54) is 0 Å². The maximum atomic E-state index is 12.3. The molecule has 1 aromatic rings. The Hall–Kier alpha value is -1.88. The Morgan fingerprint density at radius 1 is 1.47 bits per heavy atom. The standard InChI is InChI=1S/C13H13ClFNO3/c1-19-13(18)11(12(17)6-15)8-16-7-9-2-4-10(14)5-3-9/h2-5,8,17H,6-7H2,1H3/b12-11+,16-8?. The highest BCUT2D eigenvalue weighted by Gasteiger charge is 2.13. The first-order chi connectivity index (χ1) is 9.08. The Kier molecular flexibility index (Phi) is 6.02. The minimum Gasteiger partial charge on any atom is -0.509 e. The van der Waals surface area contributed by atoms with E-state index in [1.807, 2.05) is 0 Å². The first-order valence-electron chi connectivity index (χ1n) is 5.39. The SMILES string of the molecule is COC(=O)/C(C=NCc1ccc(Cl)cc1)=C(/O)CF. The third kappa shape index (κ3) is 4.71. The molecule has 0 heterocycles. The van der Waals surface area contributed by atoms with Crippen molar-refractivity contribution < 1.29 is 19.0 Å². The molecule has 1 N–H and O–H groups in total. The third-order valence-electron chi connectivity index (χ3n) is 2.25. The van der Waals surface area contributed by atoms with Crippen LogP contribution in [0, 0.1) is 0 Å². The summed E-state index contributed by atoms with van der Waals surface area (Å²) in [5.41, 5.74) is 0.573. The van der Waals surface area contributed by atoms with Crippen molar-refractivity contribution in [1.82, 2.24) is 0 Å². The van der Waals surface area contributed by atoms with Gasteiger partial charge in [-0.3, -0.25) is 4.99 Å². The molecular weight excluding hydrogens is 273 g/mol. The number of hydrogen-bond acceptors (Lipinski definition) is 4. The minimum atomic E-state index is -1.16. The summed E-state index contributed by atoms with van der Waals surface area (Å²) in [6.07, 6.45) is 1.09. The summed E-state index contributed by atoms with van der Waals surface area (Å²) >= 11 is 5.74. The van der Waals surface area contributed by atoms with Gasteiger partial charge in [0.25, 0.3) is 0 Å². The molecule has 0 unspecified atom stereocenters. The lowest BCUT2D eigenvalue weighted by molar-refractivity contribution is -0.135. The highest BCUT2D eigenvalue weighted by atomic mass is 35.5. The van der Waals surface area contributed by atoms with Crippen molar-refractivity contribution in [3.8, 4) is 0 Å². The maximum absolute atomic E-state index is 12.3. The second kappa shape index (κ2) is 7.53. The summed E-state index contributed by atoms with van der Waals surface area (Å²) in [6.45, 7) is -0.880. The topological polar surface area (TPSA) is 58.9 Å². The number of carbonyl (C=O) groups excluding carboxylic acids is 1. The average Bonchev–Trinajstić information content (AvgIpc) is 2.44. The van der Waals surface area contributed by atoms with Crippen LogP contribution in [0.2, 0.25) is 5.02 Å². The molecule has 6 heteroatoms. The zero-order valence-electron chi connectivity index (χ0n) is 10.3. The summed E-state index contributed by atoms with van der Waals surface area (Å²) < 4.78 is 16.8. The van der Waals surface area contributed by atoms with Crippen LogP contribution in [-0.4, -0.2) is 31.1 Å². The Morgan fingerprint density at radius 2 is 2.11 bits per heavy atom. The number of methoxy groups -OCH3 is 1. The van der Waals surface area contributed by atoms with Gasteiger partial charge in [0, 0.05) is 11.2 Å². The largest absolute Gasteiger partial charge is 0.509 e. The van der Waals surface area contributed by atoms with E-state index in [-0.39, 0.29) is 12.1 Å². The molecule has 0 aliphatic rings. The van der Waals surface area contributed by atoms with E-state index in [4.69, 9.17) is 11.6 Å². The van der Waals surface area contributed by atoms with Gasteiger partial charge in [0.1, 0.15) is 18.0 Å². The Balaban J connectivity index is 2.77. The van der Waals surface area contributed by atoms with Crippen molar-refractivity contribution in [3.63, 3.8) is 0 Å². The zero-order chi connectivity index (χ0) is 14.3. The number of benzene rings is 1. The van der Waals surface area contributed by atoms with Gasteiger partial charge < -0.3 is 9.84 Å². The number of alkyl halides is 1. The molecule has 0 fully saturated rings. The number of ether oxygens (including phenoxy) is 1. The van der Waals surface area contributed by atoms with Gasteiger partial charge in [0.15, 0.2) is 0 Å². The van der Waals surface area contributed by atoms with Crippen LogP contribution < -0.4 is 0 Å². The average molecular weight is 286 g/mol. The fourth-order valence-corrected chi connectivity index (χ4v) is 1.39. The maximum Gasteiger partial charge on any atom is 0.342 e. The summed E-state index contributed by atoms with van der Waals surface area (Å²) in [7, 11) is 1.14. The number of allylic oxidation sites excluding steroid dienone is 1. The molecule has 0 aromatic heterocycles. The predicted octanol–water partition coefficient (Wildman–Crippen LogP) is 2.87. The van der Waals surface area contributed by atoms with Crippen LogP contribution in [0.1, 0.15) is 5.56 Å². The number of carbonyl (C=O) groups is 1. The normalized spacial score (nSPS) is 12.4. The smallest absolute Gasteiger partial charge is 0.342 e.